The summed E-state index contributed by atoms with van der Waals surface area (Å²) < 4.78 is 0. The van der Waals surface area contributed by atoms with E-state index in [0.717, 1.165) is 25.7 Å². The molecule has 0 spiro atoms. The number of allylic oxidation sites excluding steroid dienone is 2. The summed E-state index contributed by atoms with van der Waals surface area (Å²) >= 11 is 0. The number of hydrogen-bond donors (Lipinski definition) is 1. The molecule has 1 aliphatic carbocycles. The van der Waals surface area contributed by atoms with E-state index in [-0.39, 0.29) is 6.10 Å². The number of rotatable bonds is 5. The Kier molecular flexibility index (Phi) is 5.14. The number of aliphatic hydroxyl groups excluding tert-OH is 1. The van der Waals surface area contributed by atoms with Crippen LogP contribution in [0, 0.1) is 0 Å². The second-order valence-corrected chi connectivity index (χ2v) is 4.09. The maximum atomic E-state index is 9.55. The van der Waals surface area contributed by atoms with E-state index in [9.17, 15) is 5.11 Å². The van der Waals surface area contributed by atoms with Crippen LogP contribution in [0.2, 0.25) is 0 Å². The SMILES string of the molecule is CCCC(O)CCC1=CCCCC1. The summed E-state index contributed by atoms with van der Waals surface area (Å²) in [6.45, 7) is 2.13. The molecule has 0 aromatic rings. The van der Waals surface area contributed by atoms with Gasteiger partial charge in [0.15, 0.2) is 0 Å². The highest BCUT2D eigenvalue weighted by atomic mass is 16.3. The van der Waals surface area contributed by atoms with Gasteiger partial charge >= 0.3 is 0 Å². The van der Waals surface area contributed by atoms with Crippen LogP contribution < -0.4 is 0 Å². The van der Waals surface area contributed by atoms with Crippen LogP contribution in [0.5, 0.6) is 0 Å². The van der Waals surface area contributed by atoms with Crippen LogP contribution in [-0.4, -0.2) is 11.2 Å². The molecule has 1 N–H and O–H groups in total. The third-order valence-corrected chi connectivity index (χ3v) is 2.81. The minimum atomic E-state index is -0.0622. The Morgan fingerprint density at radius 1 is 1.38 bits per heavy atom. The minimum Gasteiger partial charge on any atom is -0.393 e. The van der Waals surface area contributed by atoms with E-state index in [2.05, 4.69) is 13.0 Å². The molecular formula is C12H22O. The maximum Gasteiger partial charge on any atom is 0.0543 e. The van der Waals surface area contributed by atoms with Gasteiger partial charge in [-0.15, -0.1) is 0 Å². The van der Waals surface area contributed by atoms with Crippen molar-refractivity contribution < 1.29 is 5.11 Å². The molecule has 0 aromatic heterocycles. The fourth-order valence-corrected chi connectivity index (χ4v) is 1.96. The Morgan fingerprint density at radius 2 is 2.23 bits per heavy atom. The van der Waals surface area contributed by atoms with E-state index in [1.54, 1.807) is 5.57 Å². The molecule has 1 nitrogen and oxygen atoms in total. The van der Waals surface area contributed by atoms with Crippen LogP contribution in [0.3, 0.4) is 0 Å². The number of aliphatic hydroxyl groups is 1. The fourth-order valence-electron chi connectivity index (χ4n) is 1.96. The Morgan fingerprint density at radius 3 is 2.85 bits per heavy atom. The third-order valence-electron chi connectivity index (χ3n) is 2.81. The quantitative estimate of drug-likeness (QED) is 0.646. The van der Waals surface area contributed by atoms with E-state index in [1.165, 1.54) is 25.7 Å². The van der Waals surface area contributed by atoms with E-state index in [0.29, 0.717) is 0 Å². The standard InChI is InChI=1S/C12H22O/c1-2-6-12(13)10-9-11-7-4-3-5-8-11/h7,12-13H,2-6,8-10H2,1H3. The largest absolute Gasteiger partial charge is 0.393 e. The van der Waals surface area contributed by atoms with Crippen molar-refractivity contribution in [2.24, 2.45) is 0 Å². The lowest BCUT2D eigenvalue weighted by Gasteiger charge is -2.14. The minimum absolute atomic E-state index is 0.0622. The summed E-state index contributed by atoms with van der Waals surface area (Å²) in [6.07, 6.45) is 11.7. The average Bonchev–Trinajstić information content (AvgIpc) is 2.17. The lowest BCUT2D eigenvalue weighted by atomic mass is 9.94. The van der Waals surface area contributed by atoms with Gasteiger partial charge in [-0.1, -0.05) is 25.0 Å². The highest BCUT2D eigenvalue weighted by molar-refractivity contribution is 5.04. The summed E-state index contributed by atoms with van der Waals surface area (Å²) in [7, 11) is 0. The first-order chi connectivity index (χ1) is 6.33. The predicted molar refractivity (Wildman–Crippen MR) is 56.7 cm³/mol. The Labute approximate surface area is 81.9 Å². The van der Waals surface area contributed by atoms with Gasteiger partial charge in [-0.05, 0) is 44.9 Å². The highest BCUT2D eigenvalue weighted by Crippen LogP contribution is 2.22. The molecule has 0 aliphatic heterocycles. The summed E-state index contributed by atoms with van der Waals surface area (Å²) in [4.78, 5) is 0. The zero-order valence-corrected chi connectivity index (χ0v) is 8.76. The van der Waals surface area contributed by atoms with Crippen molar-refractivity contribution in [3.05, 3.63) is 11.6 Å². The fraction of sp³-hybridized carbons (Fsp3) is 0.833. The molecule has 0 aromatic carbocycles. The Hall–Kier alpha value is -0.300. The van der Waals surface area contributed by atoms with Gasteiger partial charge in [0.2, 0.25) is 0 Å². The van der Waals surface area contributed by atoms with Crippen molar-refractivity contribution in [2.45, 2.75) is 64.4 Å². The zero-order chi connectivity index (χ0) is 9.52. The zero-order valence-electron chi connectivity index (χ0n) is 8.76. The van der Waals surface area contributed by atoms with Crippen molar-refractivity contribution in [2.75, 3.05) is 0 Å². The van der Waals surface area contributed by atoms with Gasteiger partial charge in [0.1, 0.15) is 0 Å². The first-order valence-electron chi connectivity index (χ1n) is 5.69. The van der Waals surface area contributed by atoms with Gasteiger partial charge in [0, 0.05) is 0 Å². The second-order valence-electron chi connectivity index (χ2n) is 4.09. The van der Waals surface area contributed by atoms with Crippen molar-refractivity contribution in [1.82, 2.24) is 0 Å². The van der Waals surface area contributed by atoms with Crippen molar-refractivity contribution in [3.63, 3.8) is 0 Å². The van der Waals surface area contributed by atoms with Crippen LogP contribution in [-0.2, 0) is 0 Å². The predicted octanol–water partition coefficient (Wildman–Crippen LogP) is 3.43. The molecule has 13 heavy (non-hydrogen) atoms. The van der Waals surface area contributed by atoms with Crippen molar-refractivity contribution >= 4 is 0 Å². The van der Waals surface area contributed by atoms with E-state index >= 15 is 0 Å². The second kappa shape index (κ2) is 6.20. The highest BCUT2D eigenvalue weighted by Gasteiger charge is 2.07. The molecular weight excluding hydrogens is 160 g/mol. The average molecular weight is 182 g/mol. The van der Waals surface area contributed by atoms with Crippen LogP contribution >= 0.6 is 0 Å². The molecule has 76 valence electrons. The van der Waals surface area contributed by atoms with E-state index in [4.69, 9.17) is 0 Å². The molecule has 1 heteroatoms. The van der Waals surface area contributed by atoms with Crippen LogP contribution in [0.1, 0.15) is 58.3 Å². The molecule has 0 heterocycles. The van der Waals surface area contributed by atoms with Gasteiger partial charge in [0.25, 0.3) is 0 Å². The molecule has 0 radical (unpaired) electrons. The van der Waals surface area contributed by atoms with Crippen molar-refractivity contribution in [3.8, 4) is 0 Å². The lowest BCUT2D eigenvalue weighted by Crippen LogP contribution is -2.06. The molecule has 1 rings (SSSR count). The number of hydrogen-bond acceptors (Lipinski definition) is 1. The van der Waals surface area contributed by atoms with Gasteiger partial charge in [-0.25, -0.2) is 0 Å². The van der Waals surface area contributed by atoms with E-state index in [1.807, 2.05) is 0 Å². The van der Waals surface area contributed by atoms with E-state index < -0.39 is 0 Å². The molecule has 0 amide bonds. The molecule has 0 saturated carbocycles. The van der Waals surface area contributed by atoms with Crippen LogP contribution in [0.4, 0.5) is 0 Å². The van der Waals surface area contributed by atoms with Gasteiger partial charge in [0.05, 0.1) is 6.10 Å². The first-order valence-corrected chi connectivity index (χ1v) is 5.69. The van der Waals surface area contributed by atoms with Crippen LogP contribution in [0.15, 0.2) is 11.6 Å². The summed E-state index contributed by atoms with van der Waals surface area (Å²) in [6, 6.07) is 0. The normalized spacial score (nSPS) is 19.7. The molecule has 0 bridgehead atoms. The maximum absolute atomic E-state index is 9.55. The third kappa shape index (κ3) is 4.47. The van der Waals surface area contributed by atoms with Gasteiger partial charge in [-0.2, -0.15) is 0 Å². The van der Waals surface area contributed by atoms with Gasteiger partial charge < -0.3 is 5.11 Å². The first kappa shape index (κ1) is 10.8. The summed E-state index contributed by atoms with van der Waals surface area (Å²) in [5.74, 6) is 0. The van der Waals surface area contributed by atoms with Crippen molar-refractivity contribution in [1.29, 1.82) is 0 Å². The molecule has 0 fully saturated rings. The monoisotopic (exact) mass is 182 g/mol. The smallest absolute Gasteiger partial charge is 0.0543 e. The molecule has 1 atom stereocenters. The lowest BCUT2D eigenvalue weighted by molar-refractivity contribution is 0.153. The Balaban J connectivity index is 2.13. The summed E-state index contributed by atoms with van der Waals surface area (Å²) in [5.41, 5.74) is 1.58. The molecule has 0 saturated heterocycles. The van der Waals surface area contributed by atoms with Gasteiger partial charge in [-0.3, -0.25) is 0 Å². The molecule has 1 unspecified atom stereocenters. The van der Waals surface area contributed by atoms with Crippen LogP contribution in [0.25, 0.3) is 0 Å². The topological polar surface area (TPSA) is 20.2 Å². The summed E-state index contributed by atoms with van der Waals surface area (Å²) in [5, 5.41) is 9.55. The molecule has 1 aliphatic rings. The Bertz CT molecular complexity index is 161.